The Hall–Kier alpha value is -5.74. The topological polar surface area (TPSA) is 172 Å². The first kappa shape index (κ1) is 40.1. The zero-order valence-corrected chi connectivity index (χ0v) is 34.2. The molecule has 4 aliphatic heterocycles. The van der Waals surface area contributed by atoms with E-state index in [0.717, 1.165) is 53.1 Å². The molecule has 59 heavy (non-hydrogen) atoms. The third kappa shape index (κ3) is 7.66. The number of aryl methyl sites for hydroxylation is 1. The normalized spacial score (nSPS) is 22.7. The van der Waals surface area contributed by atoms with Gasteiger partial charge in [-0.25, -0.2) is 4.79 Å². The molecule has 16 heteroatoms. The second-order valence-electron chi connectivity index (χ2n) is 16.6. The summed E-state index contributed by atoms with van der Waals surface area (Å²) in [5, 5.41) is 5.49. The highest BCUT2D eigenvalue weighted by Crippen LogP contribution is 2.40. The van der Waals surface area contributed by atoms with Crippen molar-refractivity contribution in [3.8, 4) is 28.4 Å². The number of rotatable bonds is 11. The lowest BCUT2D eigenvalue weighted by atomic mass is 9.91. The number of imide groups is 2. The molecule has 5 heterocycles. The van der Waals surface area contributed by atoms with Gasteiger partial charge in [0.1, 0.15) is 29.9 Å². The van der Waals surface area contributed by atoms with Crippen LogP contribution < -0.4 is 30.4 Å². The minimum absolute atomic E-state index is 0.0541. The Labute approximate surface area is 342 Å². The summed E-state index contributed by atoms with van der Waals surface area (Å²) in [7, 11) is 9.01. The van der Waals surface area contributed by atoms with Gasteiger partial charge < -0.3 is 33.9 Å². The number of likely N-dealkylation sites (tertiary alicyclic amines) is 1. The highest BCUT2D eigenvalue weighted by atomic mass is 16.5. The highest BCUT2D eigenvalue weighted by Gasteiger charge is 2.45. The van der Waals surface area contributed by atoms with E-state index in [1.807, 2.05) is 32.4 Å². The number of urea groups is 1. The van der Waals surface area contributed by atoms with Gasteiger partial charge in [0.25, 0.3) is 17.4 Å². The van der Waals surface area contributed by atoms with Crippen LogP contribution in [0.25, 0.3) is 11.1 Å². The molecule has 3 unspecified atom stereocenters. The number of benzene rings is 2. The van der Waals surface area contributed by atoms with Crippen LogP contribution in [0.5, 0.6) is 17.2 Å². The first-order valence-electron chi connectivity index (χ1n) is 20.2. The van der Waals surface area contributed by atoms with Gasteiger partial charge in [0.05, 0.1) is 37.5 Å². The van der Waals surface area contributed by atoms with E-state index < -0.39 is 29.7 Å². The van der Waals surface area contributed by atoms with Crippen LogP contribution >= 0.6 is 0 Å². The number of fused-ring (bicyclic) bond motifs is 3. The molecule has 2 N–H and O–H groups in total. The van der Waals surface area contributed by atoms with Gasteiger partial charge in [-0.05, 0) is 93.1 Å². The molecule has 2 aromatic carbocycles. The number of piperidine rings is 1. The summed E-state index contributed by atoms with van der Waals surface area (Å²) in [5.74, 6) is 0.584. The van der Waals surface area contributed by atoms with Gasteiger partial charge >= 0.3 is 6.03 Å². The summed E-state index contributed by atoms with van der Waals surface area (Å²) in [6.07, 6.45) is 4.33. The number of nitrogens with one attached hydrogen (secondary N) is 2. The quantitative estimate of drug-likeness (QED) is 0.273. The zero-order valence-electron chi connectivity index (χ0n) is 34.2. The maximum absolute atomic E-state index is 13.7. The molecule has 0 radical (unpaired) electrons. The summed E-state index contributed by atoms with van der Waals surface area (Å²) < 4.78 is 19.2. The molecule has 2 saturated heterocycles. The standard InChI is InChI=1S/C43H51N7O9/c1-46(2)21-34-36(57-4)16-24(17-37(34)58-5)32-22-47(3)40(53)33-23-49(11-10-29(32)33)43(56)44-27-14-25-19-48(20-26(25)15-27)12-13-59-28-6-7-30-31(18-28)42(55)50(41(30)54)35-8-9-38(51)45-39(35)52/h6-7,16-18,22,25-27,35H,8-15,19-21,23H2,1-5H3,(H,44,56)(H,45,51,52). The van der Waals surface area contributed by atoms with Crippen molar-refractivity contribution in [2.24, 2.45) is 18.9 Å². The molecule has 3 atom stereocenters. The number of amides is 6. The molecule has 1 saturated carbocycles. The number of methoxy groups -OCH3 is 2. The zero-order chi connectivity index (χ0) is 41.7. The van der Waals surface area contributed by atoms with Gasteiger partial charge in [0, 0.05) is 69.6 Å². The molecule has 312 valence electrons. The Morgan fingerprint density at radius 2 is 1.59 bits per heavy atom. The third-order valence-electron chi connectivity index (χ3n) is 12.5. The lowest BCUT2D eigenvalue weighted by Crippen LogP contribution is -2.54. The Balaban J connectivity index is 0.838. The van der Waals surface area contributed by atoms with Crippen molar-refractivity contribution in [3.05, 3.63) is 74.7 Å². The van der Waals surface area contributed by atoms with Crippen LogP contribution in [0.1, 0.15) is 63.1 Å². The van der Waals surface area contributed by atoms with Crippen LogP contribution in [0.4, 0.5) is 4.79 Å². The van der Waals surface area contributed by atoms with Crippen LogP contribution in [-0.4, -0.2) is 127 Å². The Kier molecular flexibility index (Phi) is 11.0. The van der Waals surface area contributed by atoms with E-state index >= 15 is 0 Å². The van der Waals surface area contributed by atoms with Crippen molar-refractivity contribution >= 4 is 29.7 Å². The minimum atomic E-state index is -1.02. The molecule has 3 aromatic rings. The third-order valence-corrected chi connectivity index (χ3v) is 12.5. The Morgan fingerprint density at radius 1 is 0.898 bits per heavy atom. The largest absolute Gasteiger partial charge is 0.496 e. The van der Waals surface area contributed by atoms with Crippen LogP contribution in [0, 0.1) is 11.8 Å². The molecular weight excluding hydrogens is 759 g/mol. The average molecular weight is 810 g/mol. The Bertz CT molecular complexity index is 2250. The molecule has 16 nitrogen and oxygen atoms in total. The number of aromatic nitrogens is 1. The molecule has 1 aromatic heterocycles. The molecule has 0 bridgehead atoms. The first-order chi connectivity index (χ1) is 28.3. The van der Waals surface area contributed by atoms with E-state index in [0.29, 0.717) is 67.3 Å². The molecule has 6 amide bonds. The number of pyridine rings is 1. The molecule has 0 spiro atoms. The predicted molar refractivity (Wildman–Crippen MR) is 215 cm³/mol. The highest BCUT2D eigenvalue weighted by molar-refractivity contribution is 6.23. The van der Waals surface area contributed by atoms with Crippen molar-refractivity contribution in [1.82, 2.24) is 34.8 Å². The maximum atomic E-state index is 13.7. The first-order valence-corrected chi connectivity index (χ1v) is 20.2. The number of carbonyl (C=O) groups excluding carboxylic acids is 5. The van der Waals surface area contributed by atoms with Crippen LogP contribution in [0.2, 0.25) is 0 Å². The van der Waals surface area contributed by atoms with Gasteiger partial charge in [-0.2, -0.15) is 0 Å². The number of hydrogen-bond acceptors (Lipinski definition) is 11. The summed E-state index contributed by atoms with van der Waals surface area (Å²) in [6.45, 7) is 4.21. The summed E-state index contributed by atoms with van der Waals surface area (Å²) in [6, 6.07) is 7.63. The monoisotopic (exact) mass is 809 g/mol. The molecular formula is C43H51N7O9. The summed E-state index contributed by atoms with van der Waals surface area (Å²) >= 11 is 0. The van der Waals surface area contributed by atoms with E-state index in [1.54, 1.807) is 48.9 Å². The SMILES string of the molecule is COc1cc(-c2cn(C)c(=O)c3c2CCN(C(=O)NC2CC4CN(CCOc5ccc6c(c5)C(=O)N(C5CCC(=O)NC5=O)C6=O)CC4C2)C3)cc(OC)c1CN(C)C. The fourth-order valence-corrected chi connectivity index (χ4v) is 9.63. The van der Waals surface area contributed by atoms with E-state index in [-0.39, 0.29) is 48.1 Å². The van der Waals surface area contributed by atoms with E-state index in [9.17, 15) is 28.8 Å². The number of hydrogen-bond donors (Lipinski definition) is 2. The van der Waals surface area contributed by atoms with E-state index in [4.69, 9.17) is 14.2 Å². The van der Waals surface area contributed by atoms with Crippen molar-refractivity contribution in [1.29, 1.82) is 0 Å². The van der Waals surface area contributed by atoms with Gasteiger partial charge in [0.2, 0.25) is 11.8 Å². The van der Waals surface area contributed by atoms with Crippen LogP contribution in [0.3, 0.4) is 0 Å². The maximum Gasteiger partial charge on any atom is 0.317 e. The van der Waals surface area contributed by atoms with Crippen molar-refractivity contribution in [2.75, 3.05) is 61.1 Å². The second-order valence-corrected chi connectivity index (χ2v) is 16.6. The van der Waals surface area contributed by atoms with Crippen molar-refractivity contribution in [3.63, 3.8) is 0 Å². The lowest BCUT2D eigenvalue weighted by molar-refractivity contribution is -0.136. The lowest BCUT2D eigenvalue weighted by Gasteiger charge is -2.31. The number of carbonyl (C=O) groups is 5. The predicted octanol–water partition coefficient (Wildman–Crippen LogP) is 2.39. The Morgan fingerprint density at radius 3 is 2.25 bits per heavy atom. The van der Waals surface area contributed by atoms with E-state index in [2.05, 4.69) is 20.4 Å². The minimum Gasteiger partial charge on any atom is -0.496 e. The van der Waals surface area contributed by atoms with Crippen molar-refractivity contribution < 1.29 is 38.2 Å². The van der Waals surface area contributed by atoms with Crippen LogP contribution in [0.15, 0.2) is 41.3 Å². The smallest absolute Gasteiger partial charge is 0.317 e. The van der Waals surface area contributed by atoms with Crippen molar-refractivity contribution in [2.45, 2.75) is 57.3 Å². The molecule has 1 aliphatic carbocycles. The fraction of sp³-hybridized carbons (Fsp3) is 0.488. The van der Waals surface area contributed by atoms with Gasteiger partial charge in [0.15, 0.2) is 0 Å². The molecule has 3 fully saturated rings. The van der Waals surface area contributed by atoms with Gasteiger partial charge in [-0.3, -0.25) is 39.1 Å². The summed E-state index contributed by atoms with van der Waals surface area (Å²) in [5.41, 5.74) is 4.61. The number of nitrogens with zero attached hydrogens (tertiary/aromatic N) is 5. The summed E-state index contributed by atoms with van der Waals surface area (Å²) in [4.78, 5) is 84.5. The molecule has 8 rings (SSSR count). The van der Waals surface area contributed by atoms with Gasteiger partial charge in [-0.15, -0.1) is 0 Å². The van der Waals surface area contributed by atoms with Gasteiger partial charge in [-0.1, -0.05) is 0 Å². The fourth-order valence-electron chi connectivity index (χ4n) is 9.63. The number of ether oxygens (including phenoxy) is 3. The average Bonchev–Trinajstić information content (AvgIpc) is 3.84. The van der Waals surface area contributed by atoms with E-state index in [1.165, 1.54) is 0 Å². The van der Waals surface area contributed by atoms with Crippen LogP contribution in [-0.2, 0) is 36.1 Å². The second kappa shape index (κ2) is 16.1. The molecule has 5 aliphatic rings.